The zero-order chi connectivity index (χ0) is 22.3. The third kappa shape index (κ3) is 3.45. The molecule has 31 heavy (non-hydrogen) atoms. The summed E-state index contributed by atoms with van der Waals surface area (Å²) in [5.41, 5.74) is 2.73. The Hall–Kier alpha value is -3.62. The van der Waals surface area contributed by atoms with E-state index in [-0.39, 0.29) is 11.2 Å². The quantitative estimate of drug-likeness (QED) is 0.475. The van der Waals surface area contributed by atoms with Crippen molar-refractivity contribution in [2.75, 3.05) is 7.11 Å². The van der Waals surface area contributed by atoms with Gasteiger partial charge in [0, 0.05) is 19.3 Å². The van der Waals surface area contributed by atoms with Crippen molar-refractivity contribution in [3.63, 3.8) is 0 Å². The van der Waals surface area contributed by atoms with Crippen LogP contribution in [-0.2, 0) is 20.1 Å². The lowest BCUT2D eigenvalue weighted by molar-refractivity contribution is 0.414. The average Bonchev–Trinajstić information content (AvgIpc) is 3.29. The lowest BCUT2D eigenvalue weighted by Gasteiger charge is -2.12. The first-order valence-corrected chi connectivity index (χ1v) is 10.2. The molecule has 0 bridgehead atoms. The van der Waals surface area contributed by atoms with Crippen LogP contribution in [0.3, 0.4) is 0 Å². The smallest absolute Gasteiger partial charge is 0.332 e. The van der Waals surface area contributed by atoms with E-state index < -0.39 is 0 Å². The molecule has 0 aliphatic heterocycles. The van der Waals surface area contributed by atoms with E-state index in [1.54, 1.807) is 18.8 Å². The van der Waals surface area contributed by atoms with Crippen molar-refractivity contribution >= 4 is 11.2 Å². The van der Waals surface area contributed by atoms with Crippen molar-refractivity contribution in [1.82, 2.24) is 28.5 Å². The number of imidazole rings is 1. The zero-order valence-corrected chi connectivity index (χ0v) is 18.4. The number of methoxy groups -OCH3 is 1. The predicted molar refractivity (Wildman–Crippen MR) is 118 cm³/mol. The van der Waals surface area contributed by atoms with Crippen LogP contribution in [0.2, 0.25) is 0 Å². The summed E-state index contributed by atoms with van der Waals surface area (Å²) in [6.07, 6.45) is 0.678. The van der Waals surface area contributed by atoms with Gasteiger partial charge in [-0.1, -0.05) is 19.1 Å². The van der Waals surface area contributed by atoms with Gasteiger partial charge >= 0.3 is 5.69 Å². The van der Waals surface area contributed by atoms with Crippen molar-refractivity contribution < 1.29 is 4.74 Å². The summed E-state index contributed by atoms with van der Waals surface area (Å²) in [6, 6.07) is 9.60. The molecule has 4 aromatic rings. The second-order valence-electron chi connectivity index (χ2n) is 7.66. The molecule has 4 rings (SSSR count). The fourth-order valence-electron chi connectivity index (χ4n) is 3.84. The minimum atomic E-state index is -0.367. The van der Waals surface area contributed by atoms with Crippen molar-refractivity contribution in [1.29, 1.82) is 0 Å². The zero-order valence-electron chi connectivity index (χ0n) is 18.4. The van der Waals surface area contributed by atoms with Crippen LogP contribution in [0.4, 0.5) is 0 Å². The average molecular weight is 422 g/mol. The SMILES string of the molecule is CCCn1c(=O)c2c(nc(-n3nc(C)cc3C)n2Cc2ccc(OC)cc2)n(C)c1=O. The van der Waals surface area contributed by atoms with E-state index in [1.807, 2.05) is 55.7 Å². The Morgan fingerprint density at radius 3 is 2.35 bits per heavy atom. The largest absolute Gasteiger partial charge is 0.497 e. The molecule has 9 heteroatoms. The van der Waals surface area contributed by atoms with E-state index in [0.717, 1.165) is 22.7 Å². The van der Waals surface area contributed by atoms with Gasteiger partial charge in [-0.15, -0.1) is 0 Å². The van der Waals surface area contributed by atoms with Gasteiger partial charge in [-0.25, -0.2) is 9.48 Å². The fourth-order valence-corrected chi connectivity index (χ4v) is 3.84. The third-order valence-corrected chi connectivity index (χ3v) is 5.36. The first kappa shape index (κ1) is 20.6. The van der Waals surface area contributed by atoms with Crippen LogP contribution in [0.15, 0.2) is 39.9 Å². The number of hydrogen-bond acceptors (Lipinski definition) is 5. The topological polar surface area (TPSA) is 88.9 Å². The highest BCUT2D eigenvalue weighted by Gasteiger charge is 2.22. The molecular weight excluding hydrogens is 396 g/mol. The van der Waals surface area contributed by atoms with E-state index >= 15 is 0 Å². The number of ether oxygens (including phenoxy) is 1. The summed E-state index contributed by atoms with van der Waals surface area (Å²) < 4.78 is 11.5. The summed E-state index contributed by atoms with van der Waals surface area (Å²) in [5.74, 6) is 1.25. The van der Waals surface area contributed by atoms with Gasteiger partial charge < -0.3 is 4.74 Å². The summed E-state index contributed by atoms with van der Waals surface area (Å²) >= 11 is 0. The monoisotopic (exact) mass is 422 g/mol. The van der Waals surface area contributed by atoms with Crippen LogP contribution in [0.5, 0.6) is 5.75 Å². The van der Waals surface area contributed by atoms with Crippen LogP contribution < -0.4 is 16.0 Å². The highest BCUT2D eigenvalue weighted by atomic mass is 16.5. The third-order valence-electron chi connectivity index (χ3n) is 5.36. The van der Waals surface area contributed by atoms with Crippen LogP contribution in [0.1, 0.15) is 30.3 Å². The molecule has 3 heterocycles. The predicted octanol–water partition coefficient (Wildman–Crippen LogP) is 2.17. The molecule has 3 aromatic heterocycles. The number of hydrogen-bond donors (Lipinski definition) is 0. The number of fused-ring (bicyclic) bond motifs is 1. The first-order valence-electron chi connectivity index (χ1n) is 10.2. The van der Waals surface area contributed by atoms with Crippen molar-refractivity contribution in [2.45, 2.75) is 40.3 Å². The summed E-state index contributed by atoms with van der Waals surface area (Å²) in [4.78, 5) is 30.9. The van der Waals surface area contributed by atoms with Gasteiger partial charge in [0.05, 0.1) is 19.3 Å². The summed E-state index contributed by atoms with van der Waals surface area (Å²) in [5, 5.41) is 4.56. The van der Waals surface area contributed by atoms with E-state index in [0.29, 0.717) is 36.6 Å². The normalized spacial score (nSPS) is 11.4. The van der Waals surface area contributed by atoms with Crippen LogP contribution in [0, 0.1) is 13.8 Å². The van der Waals surface area contributed by atoms with Crippen LogP contribution >= 0.6 is 0 Å². The number of aryl methyl sites for hydroxylation is 3. The number of nitrogens with zero attached hydrogens (tertiary/aromatic N) is 6. The van der Waals surface area contributed by atoms with Gasteiger partial charge in [0.2, 0.25) is 5.95 Å². The van der Waals surface area contributed by atoms with Crippen molar-refractivity contribution in [2.24, 2.45) is 7.05 Å². The second-order valence-corrected chi connectivity index (χ2v) is 7.66. The molecule has 0 saturated carbocycles. The Kier molecular flexibility index (Phi) is 5.26. The van der Waals surface area contributed by atoms with Gasteiger partial charge in [-0.05, 0) is 44.0 Å². The minimum Gasteiger partial charge on any atom is -0.497 e. The maximum Gasteiger partial charge on any atom is 0.332 e. The molecule has 0 amide bonds. The first-order chi connectivity index (χ1) is 14.8. The molecule has 0 aliphatic rings. The molecule has 0 atom stereocenters. The minimum absolute atomic E-state index is 0.339. The molecule has 1 aromatic carbocycles. The Bertz CT molecular complexity index is 1370. The van der Waals surface area contributed by atoms with E-state index in [9.17, 15) is 9.59 Å². The molecule has 0 fully saturated rings. The molecule has 9 nitrogen and oxygen atoms in total. The lowest BCUT2D eigenvalue weighted by atomic mass is 10.2. The maximum atomic E-state index is 13.4. The van der Waals surface area contributed by atoms with E-state index in [2.05, 4.69) is 5.10 Å². The molecule has 0 saturated heterocycles. The number of aromatic nitrogens is 6. The molecule has 0 spiro atoms. The molecule has 0 radical (unpaired) electrons. The second kappa shape index (κ2) is 7.90. The van der Waals surface area contributed by atoms with Crippen molar-refractivity contribution in [3.8, 4) is 11.7 Å². The maximum absolute atomic E-state index is 13.4. The van der Waals surface area contributed by atoms with E-state index in [4.69, 9.17) is 9.72 Å². The molecule has 0 unspecified atom stereocenters. The Balaban J connectivity index is 2.03. The van der Waals surface area contributed by atoms with Gasteiger partial charge in [0.1, 0.15) is 5.75 Å². The Morgan fingerprint density at radius 2 is 1.77 bits per heavy atom. The van der Waals surface area contributed by atoms with Gasteiger partial charge in [-0.2, -0.15) is 10.1 Å². The fraction of sp³-hybridized carbons (Fsp3) is 0.364. The van der Waals surface area contributed by atoms with Gasteiger partial charge in [0.15, 0.2) is 11.2 Å². The summed E-state index contributed by atoms with van der Waals surface area (Å²) in [7, 11) is 3.27. The van der Waals surface area contributed by atoms with Crippen LogP contribution in [-0.4, -0.2) is 35.6 Å². The lowest BCUT2D eigenvalue weighted by Crippen LogP contribution is -2.39. The summed E-state index contributed by atoms with van der Waals surface area (Å²) in [6.45, 7) is 6.53. The highest BCUT2D eigenvalue weighted by Crippen LogP contribution is 2.20. The Morgan fingerprint density at radius 1 is 1.06 bits per heavy atom. The van der Waals surface area contributed by atoms with Gasteiger partial charge in [-0.3, -0.25) is 18.5 Å². The number of rotatable bonds is 6. The standard InChI is InChI=1S/C22H26N6O3/c1-6-11-26-20(29)18-19(25(4)22(26)30)23-21(28-15(3)12-14(2)24-28)27(18)13-16-7-9-17(31-5)10-8-16/h7-10,12H,6,11,13H2,1-5H3. The molecule has 0 N–H and O–H groups in total. The molecule has 162 valence electrons. The highest BCUT2D eigenvalue weighted by molar-refractivity contribution is 5.73. The van der Waals surface area contributed by atoms with Crippen molar-refractivity contribution in [3.05, 3.63) is 68.1 Å². The van der Waals surface area contributed by atoms with E-state index in [1.165, 1.54) is 9.13 Å². The molecule has 0 aliphatic carbocycles. The number of benzene rings is 1. The Labute approximate surface area is 179 Å². The van der Waals surface area contributed by atoms with Crippen LogP contribution in [0.25, 0.3) is 17.1 Å². The molecular formula is C22H26N6O3. The van der Waals surface area contributed by atoms with Gasteiger partial charge in [0.25, 0.3) is 5.56 Å².